The second-order valence-electron chi connectivity index (χ2n) is 3.77. The number of benzene rings is 1. The van der Waals surface area contributed by atoms with Crippen LogP contribution in [-0.2, 0) is 4.79 Å². The van der Waals surface area contributed by atoms with Crippen LogP contribution in [0.3, 0.4) is 0 Å². The molecule has 2 aromatic rings. The number of anilines is 1. The summed E-state index contributed by atoms with van der Waals surface area (Å²) < 4.78 is 18.4. The lowest BCUT2D eigenvalue weighted by Gasteiger charge is -1.99. The van der Waals surface area contributed by atoms with E-state index in [1.165, 1.54) is 19.1 Å². The predicted octanol–water partition coefficient (Wildman–Crippen LogP) is 3.11. The summed E-state index contributed by atoms with van der Waals surface area (Å²) in [5.41, 5.74) is 0.173. The molecule has 0 atom stereocenters. The van der Waals surface area contributed by atoms with E-state index in [2.05, 4.69) is 5.32 Å². The van der Waals surface area contributed by atoms with Gasteiger partial charge in [-0.2, -0.15) is 0 Å². The van der Waals surface area contributed by atoms with Crippen molar-refractivity contribution >= 4 is 23.4 Å². The van der Waals surface area contributed by atoms with Crippen LogP contribution in [-0.4, -0.2) is 16.1 Å². The van der Waals surface area contributed by atoms with Crippen molar-refractivity contribution in [2.24, 2.45) is 0 Å². The number of furan rings is 1. The molecule has 0 fully saturated rings. The standard InChI is InChI=1S/C12H9ClFNO4/c1-5(16)15-12-10(18)9(17)11(19-12)6-2-3-7(13)8(14)4-6/h2-4,17-18H,1H3,(H,15,16). The molecule has 0 spiro atoms. The first-order valence-electron chi connectivity index (χ1n) is 5.18. The molecule has 0 saturated heterocycles. The summed E-state index contributed by atoms with van der Waals surface area (Å²) in [6.07, 6.45) is 0. The maximum atomic E-state index is 13.3. The molecule has 0 radical (unpaired) electrons. The Hall–Kier alpha value is -2.21. The zero-order valence-electron chi connectivity index (χ0n) is 9.70. The molecule has 0 aliphatic rings. The Kier molecular flexibility index (Phi) is 3.35. The highest BCUT2D eigenvalue weighted by Crippen LogP contribution is 2.45. The van der Waals surface area contributed by atoms with Gasteiger partial charge in [-0.1, -0.05) is 11.6 Å². The minimum atomic E-state index is -0.699. The third-order valence-electron chi connectivity index (χ3n) is 2.33. The number of hydrogen-bond donors (Lipinski definition) is 3. The molecule has 1 amide bonds. The van der Waals surface area contributed by atoms with Gasteiger partial charge in [-0.3, -0.25) is 10.1 Å². The molecular weight excluding hydrogens is 277 g/mol. The van der Waals surface area contributed by atoms with E-state index in [1.54, 1.807) is 0 Å². The number of nitrogens with one attached hydrogen (secondary N) is 1. The van der Waals surface area contributed by atoms with E-state index in [-0.39, 0.29) is 22.2 Å². The van der Waals surface area contributed by atoms with E-state index >= 15 is 0 Å². The fraction of sp³-hybridized carbons (Fsp3) is 0.0833. The van der Waals surface area contributed by atoms with Crippen molar-refractivity contribution in [2.45, 2.75) is 6.92 Å². The Bertz CT molecular complexity index is 653. The number of aromatic hydroxyl groups is 2. The predicted molar refractivity (Wildman–Crippen MR) is 66.7 cm³/mol. The normalized spacial score (nSPS) is 10.5. The Morgan fingerprint density at radius 2 is 2.05 bits per heavy atom. The maximum Gasteiger partial charge on any atom is 0.246 e. The molecule has 1 aromatic carbocycles. The van der Waals surface area contributed by atoms with Crippen molar-refractivity contribution in [3.63, 3.8) is 0 Å². The highest BCUT2D eigenvalue weighted by Gasteiger charge is 2.22. The third kappa shape index (κ3) is 2.48. The van der Waals surface area contributed by atoms with Crippen LogP contribution >= 0.6 is 11.6 Å². The largest absolute Gasteiger partial charge is 0.502 e. The number of carbonyl (C=O) groups excluding carboxylic acids is 1. The molecule has 100 valence electrons. The van der Waals surface area contributed by atoms with Crippen LogP contribution in [0.15, 0.2) is 22.6 Å². The van der Waals surface area contributed by atoms with Gasteiger partial charge in [-0.25, -0.2) is 4.39 Å². The number of carbonyl (C=O) groups is 1. The Balaban J connectivity index is 2.50. The zero-order chi connectivity index (χ0) is 14.2. The summed E-state index contributed by atoms with van der Waals surface area (Å²) in [5, 5.41) is 21.4. The SMILES string of the molecule is CC(=O)Nc1oc(-c2ccc(Cl)c(F)c2)c(O)c1O. The van der Waals surface area contributed by atoms with Crippen LogP contribution in [0.4, 0.5) is 10.3 Å². The van der Waals surface area contributed by atoms with E-state index in [1.807, 2.05) is 0 Å². The van der Waals surface area contributed by atoms with Gasteiger partial charge in [0.25, 0.3) is 0 Å². The van der Waals surface area contributed by atoms with Crippen LogP contribution in [0.2, 0.25) is 5.02 Å². The summed E-state index contributed by atoms with van der Waals surface area (Å²) in [6, 6.07) is 3.72. The smallest absolute Gasteiger partial charge is 0.246 e. The average Bonchev–Trinajstić information content (AvgIpc) is 2.60. The van der Waals surface area contributed by atoms with Gasteiger partial charge in [0.1, 0.15) is 5.82 Å². The molecule has 0 saturated carbocycles. The van der Waals surface area contributed by atoms with E-state index < -0.39 is 23.2 Å². The fourth-order valence-corrected chi connectivity index (χ4v) is 1.61. The molecule has 1 heterocycles. The number of rotatable bonds is 2. The minimum absolute atomic E-state index is 0.0823. The molecule has 5 nitrogen and oxygen atoms in total. The summed E-state index contributed by atoms with van der Waals surface area (Å²) in [7, 11) is 0. The van der Waals surface area contributed by atoms with Gasteiger partial charge >= 0.3 is 0 Å². The van der Waals surface area contributed by atoms with Gasteiger partial charge in [0.2, 0.25) is 23.3 Å². The summed E-state index contributed by atoms with van der Waals surface area (Å²) in [4.78, 5) is 10.9. The van der Waals surface area contributed by atoms with Crippen molar-refractivity contribution in [1.29, 1.82) is 0 Å². The van der Waals surface area contributed by atoms with Gasteiger partial charge < -0.3 is 14.6 Å². The summed E-state index contributed by atoms with van der Waals surface area (Å²) >= 11 is 5.54. The summed E-state index contributed by atoms with van der Waals surface area (Å²) in [6.45, 7) is 1.21. The third-order valence-corrected chi connectivity index (χ3v) is 2.64. The Labute approximate surface area is 112 Å². The lowest BCUT2D eigenvalue weighted by molar-refractivity contribution is -0.114. The summed E-state index contributed by atoms with van der Waals surface area (Å²) in [5.74, 6) is -2.88. The highest BCUT2D eigenvalue weighted by atomic mass is 35.5. The first-order valence-corrected chi connectivity index (χ1v) is 5.55. The van der Waals surface area contributed by atoms with Crippen LogP contribution < -0.4 is 5.32 Å². The van der Waals surface area contributed by atoms with Crippen LogP contribution in [0.5, 0.6) is 11.5 Å². The quantitative estimate of drug-likeness (QED) is 0.792. The molecule has 0 aliphatic heterocycles. The second kappa shape index (κ2) is 4.81. The number of halogens is 2. The molecular formula is C12H9ClFNO4. The van der Waals surface area contributed by atoms with E-state index in [9.17, 15) is 19.4 Å². The number of amides is 1. The van der Waals surface area contributed by atoms with Crippen LogP contribution in [0.1, 0.15) is 6.92 Å². The minimum Gasteiger partial charge on any atom is -0.502 e. The molecule has 0 aliphatic carbocycles. The Morgan fingerprint density at radius 3 is 2.63 bits per heavy atom. The van der Waals surface area contributed by atoms with Gasteiger partial charge in [0, 0.05) is 12.5 Å². The molecule has 0 bridgehead atoms. The van der Waals surface area contributed by atoms with Gasteiger partial charge in [-0.05, 0) is 18.2 Å². The average molecular weight is 286 g/mol. The topological polar surface area (TPSA) is 82.7 Å². The van der Waals surface area contributed by atoms with Crippen molar-refractivity contribution in [3.05, 3.63) is 29.0 Å². The van der Waals surface area contributed by atoms with E-state index in [0.717, 1.165) is 6.07 Å². The highest BCUT2D eigenvalue weighted by molar-refractivity contribution is 6.30. The lowest BCUT2D eigenvalue weighted by atomic mass is 10.1. The van der Waals surface area contributed by atoms with Gasteiger partial charge in [-0.15, -0.1) is 0 Å². The molecule has 3 N–H and O–H groups in total. The van der Waals surface area contributed by atoms with Gasteiger partial charge in [0.05, 0.1) is 5.02 Å². The van der Waals surface area contributed by atoms with Crippen LogP contribution in [0, 0.1) is 5.82 Å². The fourth-order valence-electron chi connectivity index (χ4n) is 1.49. The van der Waals surface area contributed by atoms with Gasteiger partial charge in [0.15, 0.2) is 5.76 Å². The van der Waals surface area contributed by atoms with Crippen molar-refractivity contribution in [1.82, 2.24) is 0 Å². The van der Waals surface area contributed by atoms with Crippen molar-refractivity contribution in [3.8, 4) is 22.8 Å². The first-order chi connectivity index (χ1) is 8.90. The van der Waals surface area contributed by atoms with E-state index in [4.69, 9.17) is 16.0 Å². The molecule has 2 rings (SSSR count). The van der Waals surface area contributed by atoms with Crippen molar-refractivity contribution in [2.75, 3.05) is 5.32 Å². The van der Waals surface area contributed by atoms with Crippen LogP contribution in [0.25, 0.3) is 11.3 Å². The first kappa shape index (κ1) is 13.2. The molecule has 1 aromatic heterocycles. The number of hydrogen-bond acceptors (Lipinski definition) is 4. The van der Waals surface area contributed by atoms with Crippen molar-refractivity contribution < 1.29 is 23.8 Å². The molecule has 7 heteroatoms. The molecule has 0 unspecified atom stereocenters. The maximum absolute atomic E-state index is 13.3. The molecule has 19 heavy (non-hydrogen) atoms. The Morgan fingerprint density at radius 1 is 1.37 bits per heavy atom. The second-order valence-corrected chi connectivity index (χ2v) is 4.17. The monoisotopic (exact) mass is 285 g/mol. The zero-order valence-corrected chi connectivity index (χ0v) is 10.5. The van der Waals surface area contributed by atoms with E-state index in [0.29, 0.717) is 0 Å². The lowest BCUT2D eigenvalue weighted by Crippen LogP contribution is -2.04.